The standard InChI is InChI=1S/C32H54O2/c1-22(2)9-8-10-23(3)27-14-15-28-26-13-12-24-21-25(34-30-11-6-7-20-33-30)16-18-31(24,4)29(26)17-19-32(27,28)5/h12,22-23,25-30H,6-11,13-21H2,1-5H3/t23-,25?,26+,27-,28+,29+,30?,31+,32-/m1/s1. The lowest BCUT2D eigenvalue weighted by molar-refractivity contribution is -0.195. The minimum absolute atomic E-state index is 0.0633. The van der Waals surface area contributed by atoms with Gasteiger partial charge < -0.3 is 9.47 Å². The summed E-state index contributed by atoms with van der Waals surface area (Å²) in [6.07, 6.45) is 22.0. The van der Waals surface area contributed by atoms with Crippen LogP contribution in [0.2, 0.25) is 0 Å². The van der Waals surface area contributed by atoms with Gasteiger partial charge in [0.1, 0.15) is 0 Å². The molecule has 0 aromatic heterocycles. The summed E-state index contributed by atoms with van der Waals surface area (Å²) in [4.78, 5) is 0. The van der Waals surface area contributed by atoms with E-state index < -0.39 is 0 Å². The average molecular weight is 471 g/mol. The molecular formula is C32H54O2. The predicted molar refractivity (Wildman–Crippen MR) is 142 cm³/mol. The van der Waals surface area contributed by atoms with Gasteiger partial charge in [-0.2, -0.15) is 0 Å². The van der Waals surface area contributed by atoms with E-state index in [1.165, 1.54) is 77.0 Å². The van der Waals surface area contributed by atoms with Crippen LogP contribution in [-0.2, 0) is 9.47 Å². The Bertz CT molecular complexity index is 721. The highest BCUT2D eigenvalue weighted by Crippen LogP contribution is 2.67. The summed E-state index contributed by atoms with van der Waals surface area (Å²) in [6, 6.07) is 0. The third-order valence-corrected chi connectivity index (χ3v) is 11.7. The maximum absolute atomic E-state index is 6.47. The van der Waals surface area contributed by atoms with Gasteiger partial charge in [-0.3, -0.25) is 0 Å². The molecule has 2 heteroatoms. The molecule has 0 N–H and O–H groups in total. The summed E-state index contributed by atoms with van der Waals surface area (Å²) in [5.74, 6) is 5.53. The Morgan fingerprint density at radius 1 is 0.971 bits per heavy atom. The van der Waals surface area contributed by atoms with Gasteiger partial charge in [-0.15, -0.1) is 0 Å². The molecule has 3 saturated carbocycles. The summed E-state index contributed by atoms with van der Waals surface area (Å²) >= 11 is 0. The first-order valence-corrected chi connectivity index (χ1v) is 15.3. The predicted octanol–water partition coefficient (Wildman–Crippen LogP) is 8.94. The van der Waals surface area contributed by atoms with Crippen molar-refractivity contribution in [1.29, 1.82) is 0 Å². The fourth-order valence-electron chi connectivity index (χ4n) is 9.80. The van der Waals surface area contributed by atoms with Crippen molar-refractivity contribution in [2.45, 2.75) is 137 Å². The Morgan fingerprint density at radius 3 is 2.59 bits per heavy atom. The van der Waals surface area contributed by atoms with Crippen LogP contribution in [0.3, 0.4) is 0 Å². The second kappa shape index (κ2) is 10.2. The van der Waals surface area contributed by atoms with Crippen molar-refractivity contribution in [3.8, 4) is 0 Å². The fourth-order valence-corrected chi connectivity index (χ4v) is 9.80. The van der Waals surface area contributed by atoms with E-state index in [9.17, 15) is 0 Å². The Morgan fingerprint density at radius 2 is 1.82 bits per heavy atom. The molecule has 0 bridgehead atoms. The Balaban J connectivity index is 1.24. The van der Waals surface area contributed by atoms with Crippen LogP contribution in [0.5, 0.6) is 0 Å². The summed E-state index contributed by atoms with van der Waals surface area (Å²) in [6.45, 7) is 13.6. The third-order valence-electron chi connectivity index (χ3n) is 11.7. The van der Waals surface area contributed by atoms with Gasteiger partial charge in [0.05, 0.1) is 6.10 Å². The molecule has 4 fully saturated rings. The maximum Gasteiger partial charge on any atom is 0.157 e. The Kier molecular flexibility index (Phi) is 7.59. The molecule has 5 aliphatic rings. The van der Waals surface area contributed by atoms with Gasteiger partial charge in [0.15, 0.2) is 6.29 Å². The monoisotopic (exact) mass is 470 g/mol. The van der Waals surface area contributed by atoms with Crippen molar-refractivity contribution in [2.24, 2.45) is 46.3 Å². The van der Waals surface area contributed by atoms with Crippen LogP contribution in [0.4, 0.5) is 0 Å². The van der Waals surface area contributed by atoms with Crippen LogP contribution < -0.4 is 0 Å². The molecule has 0 spiro atoms. The molecule has 1 aliphatic heterocycles. The van der Waals surface area contributed by atoms with E-state index in [0.29, 0.717) is 16.9 Å². The molecule has 0 amide bonds. The first-order chi connectivity index (χ1) is 16.3. The number of hydrogen-bond donors (Lipinski definition) is 0. The molecule has 0 aromatic carbocycles. The summed E-state index contributed by atoms with van der Waals surface area (Å²) in [7, 11) is 0. The van der Waals surface area contributed by atoms with E-state index >= 15 is 0 Å². The fraction of sp³-hybridized carbons (Fsp3) is 0.938. The zero-order valence-corrected chi connectivity index (χ0v) is 23.1. The van der Waals surface area contributed by atoms with E-state index in [1.54, 1.807) is 5.57 Å². The van der Waals surface area contributed by atoms with Gasteiger partial charge in [-0.25, -0.2) is 0 Å². The number of hydrogen-bond acceptors (Lipinski definition) is 2. The van der Waals surface area contributed by atoms with Crippen molar-refractivity contribution in [2.75, 3.05) is 6.61 Å². The highest BCUT2D eigenvalue weighted by atomic mass is 16.7. The van der Waals surface area contributed by atoms with Crippen molar-refractivity contribution in [3.05, 3.63) is 11.6 Å². The van der Waals surface area contributed by atoms with Gasteiger partial charge in [0.2, 0.25) is 0 Å². The van der Waals surface area contributed by atoms with E-state index in [-0.39, 0.29) is 6.29 Å². The normalized spacial score (nSPS) is 45.3. The molecule has 34 heavy (non-hydrogen) atoms. The van der Waals surface area contributed by atoms with E-state index in [4.69, 9.17) is 9.47 Å². The van der Waals surface area contributed by atoms with Gasteiger partial charge in [0, 0.05) is 6.61 Å². The smallest absolute Gasteiger partial charge is 0.157 e. The summed E-state index contributed by atoms with van der Waals surface area (Å²) in [5.41, 5.74) is 2.78. The lowest BCUT2D eigenvalue weighted by Gasteiger charge is -2.58. The second-order valence-electron chi connectivity index (χ2n) is 14.1. The molecule has 194 valence electrons. The second-order valence-corrected chi connectivity index (χ2v) is 14.1. The quantitative estimate of drug-likeness (QED) is 0.346. The highest BCUT2D eigenvalue weighted by Gasteiger charge is 2.59. The van der Waals surface area contributed by atoms with Crippen molar-refractivity contribution < 1.29 is 9.47 Å². The SMILES string of the molecule is CC(C)CCC[C@@H](C)[C@H]1CC[C@H]2[C@@H]3CC=C4CC(OC5CCCCO5)CC[C@]4(C)[C@H]3CC[C@]12C. The molecular weight excluding hydrogens is 416 g/mol. The third kappa shape index (κ3) is 4.69. The molecule has 2 unspecified atom stereocenters. The lowest BCUT2D eigenvalue weighted by Crippen LogP contribution is -2.51. The largest absolute Gasteiger partial charge is 0.353 e. The van der Waals surface area contributed by atoms with Crippen molar-refractivity contribution in [3.63, 3.8) is 0 Å². The zero-order valence-electron chi connectivity index (χ0n) is 23.1. The number of fused-ring (bicyclic) bond motifs is 5. The van der Waals surface area contributed by atoms with Crippen LogP contribution in [-0.4, -0.2) is 19.0 Å². The summed E-state index contributed by atoms with van der Waals surface area (Å²) in [5, 5.41) is 0. The van der Waals surface area contributed by atoms with Crippen LogP contribution >= 0.6 is 0 Å². The molecule has 5 rings (SSSR count). The minimum atomic E-state index is 0.0633. The first kappa shape index (κ1) is 25.3. The van der Waals surface area contributed by atoms with Gasteiger partial charge in [-0.1, -0.05) is 65.5 Å². The van der Waals surface area contributed by atoms with Gasteiger partial charge in [-0.05, 0) is 117 Å². The highest BCUT2D eigenvalue weighted by molar-refractivity contribution is 5.25. The molecule has 0 aromatic rings. The molecule has 0 radical (unpaired) electrons. The minimum Gasteiger partial charge on any atom is -0.353 e. The van der Waals surface area contributed by atoms with E-state index in [0.717, 1.165) is 55.0 Å². The zero-order chi connectivity index (χ0) is 23.9. The average Bonchev–Trinajstić information content (AvgIpc) is 3.17. The van der Waals surface area contributed by atoms with Crippen LogP contribution in [0.25, 0.3) is 0 Å². The van der Waals surface area contributed by atoms with Gasteiger partial charge in [0.25, 0.3) is 0 Å². The number of allylic oxidation sites excluding steroid dienone is 1. The van der Waals surface area contributed by atoms with E-state index in [2.05, 4.69) is 40.7 Å². The van der Waals surface area contributed by atoms with Gasteiger partial charge >= 0.3 is 0 Å². The van der Waals surface area contributed by atoms with Crippen molar-refractivity contribution >= 4 is 0 Å². The lowest BCUT2D eigenvalue weighted by atomic mass is 9.47. The van der Waals surface area contributed by atoms with Crippen LogP contribution in [0.15, 0.2) is 11.6 Å². The molecule has 4 aliphatic carbocycles. The molecule has 1 saturated heterocycles. The Hall–Kier alpha value is -0.340. The Labute approximate surface area is 211 Å². The van der Waals surface area contributed by atoms with Crippen LogP contribution in [0, 0.1) is 46.3 Å². The molecule has 2 nitrogen and oxygen atoms in total. The maximum atomic E-state index is 6.47. The first-order valence-electron chi connectivity index (χ1n) is 15.3. The number of rotatable bonds is 7. The molecule has 9 atom stereocenters. The van der Waals surface area contributed by atoms with E-state index in [1.807, 2.05) is 0 Å². The topological polar surface area (TPSA) is 18.5 Å². The van der Waals surface area contributed by atoms with Crippen LogP contribution in [0.1, 0.15) is 125 Å². The summed E-state index contributed by atoms with van der Waals surface area (Å²) < 4.78 is 12.4. The van der Waals surface area contributed by atoms with Crippen molar-refractivity contribution in [1.82, 2.24) is 0 Å². The molecule has 1 heterocycles. The number of ether oxygens (including phenoxy) is 2.